The zero-order chi connectivity index (χ0) is 18.7. The minimum Gasteiger partial charge on any atom is -0.337 e. The van der Waals surface area contributed by atoms with Crippen LogP contribution in [0.1, 0.15) is 41.7 Å². The third-order valence-corrected chi connectivity index (χ3v) is 5.76. The van der Waals surface area contributed by atoms with E-state index in [-0.39, 0.29) is 23.9 Å². The van der Waals surface area contributed by atoms with Crippen molar-refractivity contribution in [2.75, 3.05) is 7.05 Å². The van der Waals surface area contributed by atoms with Gasteiger partial charge >= 0.3 is 0 Å². The number of nitrogens with two attached hydrogens (primary N) is 1. The second-order valence-corrected chi connectivity index (χ2v) is 7.49. The van der Waals surface area contributed by atoms with Gasteiger partial charge in [-0.25, -0.2) is 8.78 Å². The molecule has 140 valence electrons. The van der Waals surface area contributed by atoms with Crippen molar-refractivity contribution in [1.29, 1.82) is 0 Å². The zero-order valence-corrected chi connectivity index (χ0v) is 15.4. The molecule has 0 radical (unpaired) electrons. The lowest BCUT2D eigenvalue weighted by molar-refractivity contribution is 0.0662. The number of benzene rings is 1. The summed E-state index contributed by atoms with van der Waals surface area (Å²) in [5.41, 5.74) is 6.97. The number of carbonyl (C=O) groups excluding carboxylic acids is 1. The highest BCUT2D eigenvalue weighted by molar-refractivity contribution is 7.03. The van der Waals surface area contributed by atoms with Crippen LogP contribution in [0.4, 0.5) is 8.78 Å². The summed E-state index contributed by atoms with van der Waals surface area (Å²) in [6, 6.07) is 3.38. The molecule has 3 rings (SSSR count). The first-order valence-electron chi connectivity index (χ1n) is 8.69. The van der Waals surface area contributed by atoms with Crippen LogP contribution in [0.5, 0.6) is 0 Å². The Morgan fingerprint density at radius 3 is 2.73 bits per heavy atom. The van der Waals surface area contributed by atoms with Gasteiger partial charge in [0.25, 0.3) is 5.91 Å². The van der Waals surface area contributed by atoms with E-state index < -0.39 is 11.6 Å². The fraction of sp³-hybridized carbons (Fsp3) is 0.500. The van der Waals surface area contributed by atoms with Crippen molar-refractivity contribution < 1.29 is 13.6 Å². The van der Waals surface area contributed by atoms with Crippen molar-refractivity contribution in [3.8, 4) is 0 Å². The Kier molecular flexibility index (Phi) is 5.93. The van der Waals surface area contributed by atoms with Gasteiger partial charge in [0.15, 0.2) is 5.69 Å². The second kappa shape index (κ2) is 8.18. The first-order chi connectivity index (χ1) is 12.5. The topological polar surface area (TPSA) is 72.1 Å². The molecule has 26 heavy (non-hydrogen) atoms. The minimum atomic E-state index is -0.450. The average Bonchev–Trinajstić information content (AvgIpc) is 3.18. The molecule has 1 atom stereocenters. The quantitative estimate of drug-likeness (QED) is 0.865. The van der Waals surface area contributed by atoms with Crippen molar-refractivity contribution in [3.05, 3.63) is 46.5 Å². The number of hydrogen-bond acceptors (Lipinski definition) is 5. The highest BCUT2D eigenvalue weighted by Crippen LogP contribution is 2.30. The lowest BCUT2D eigenvalue weighted by Crippen LogP contribution is -2.43. The molecule has 0 spiro atoms. The molecule has 5 nitrogen and oxygen atoms in total. The number of carbonyl (C=O) groups is 1. The first-order valence-corrected chi connectivity index (χ1v) is 9.53. The van der Waals surface area contributed by atoms with E-state index in [2.05, 4.69) is 9.59 Å². The SMILES string of the molecule is CN(C(=O)c1csnn1)C1CCC([C@H](N)Cc2cc(F)ccc2F)CC1. The number of nitrogens with zero attached hydrogens (tertiary/aromatic N) is 3. The van der Waals surface area contributed by atoms with E-state index in [1.807, 2.05) is 0 Å². The van der Waals surface area contributed by atoms with Crippen LogP contribution in [0.2, 0.25) is 0 Å². The van der Waals surface area contributed by atoms with Gasteiger partial charge in [-0.3, -0.25) is 4.79 Å². The molecule has 1 saturated carbocycles. The summed E-state index contributed by atoms with van der Waals surface area (Å²) in [5, 5.41) is 5.48. The average molecular weight is 380 g/mol. The Bertz CT molecular complexity index is 748. The Hall–Kier alpha value is -1.93. The number of rotatable bonds is 5. The Labute approximate surface area is 155 Å². The van der Waals surface area contributed by atoms with E-state index in [9.17, 15) is 13.6 Å². The van der Waals surface area contributed by atoms with Crippen molar-refractivity contribution in [2.24, 2.45) is 11.7 Å². The van der Waals surface area contributed by atoms with Crippen molar-refractivity contribution in [1.82, 2.24) is 14.5 Å². The first kappa shape index (κ1) is 18.8. The van der Waals surface area contributed by atoms with E-state index in [1.165, 1.54) is 6.07 Å². The monoisotopic (exact) mass is 380 g/mol. The number of halogens is 2. The van der Waals surface area contributed by atoms with Gasteiger partial charge in [0.1, 0.15) is 11.6 Å². The maximum atomic E-state index is 13.8. The van der Waals surface area contributed by atoms with Gasteiger partial charge < -0.3 is 10.6 Å². The minimum absolute atomic E-state index is 0.117. The summed E-state index contributed by atoms with van der Waals surface area (Å²) in [6.45, 7) is 0. The van der Waals surface area contributed by atoms with Crippen molar-refractivity contribution in [2.45, 2.75) is 44.2 Å². The largest absolute Gasteiger partial charge is 0.337 e. The summed E-state index contributed by atoms with van der Waals surface area (Å²) in [4.78, 5) is 14.1. The Morgan fingerprint density at radius 1 is 1.35 bits per heavy atom. The van der Waals surface area contributed by atoms with Crippen LogP contribution in [-0.4, -0.2) is 39.5 Å². The third kappa shape index (κ3) is 4.24. The van der Waals surface area contributed by atoms with E-state index in [0.29, 0.717) is 17.7 Å². The number of aromatic nitrogens is 2. The van der Waals surface area contributed by atoms with Gasteiger partial charge in [-0.2, -0.15) is 0 Å². The number of hydrogen-bond donors (Lipinski definition) is 1. The normalized spacial score (nSPS) is 21.4. The molecule has 1 heterocycles. The standard InChI is InChI=1S/C18H22F2N4OS/c1-24(18(25)17-10-26-23-22-17)14-5-2-11(3-6-14)16(21)9-12-8-13(19)4-7-15(12)20/h4,7-8,10-11,14,16H,2-3,5-6,9,21H2,1H3/t11?,14?,16-/m1/s1. The molecule has 0 saturated heterocycles. The van der Waals surface area contributed by atoms with E-state index >= 15 is 0 Å². The Balaban J connectivity index is 1.54. The summed E-state index contributed by atoms with van der Waals surface area (Å²) in [6.07, 6.45) is 3.71. The number of amides is 1. The molecule has 1 amide bonds. The third-order valence-electron chi connectivity index (χ3n) is 5.26. The van der Waals surface area contributed by atoms with Crippen molar-refractivity contribution >= 4 is 17.4 Å². The van der Waals surface area contributed by atoms with Crippen LogP contribution in [0.3, 0.4) is 0 Å². The highest BCUT2D eigenvalue weighted by Gasteiger charge is 2.30. The smallest absolute Gasteiger partial charge is 0.275 e. The molecule has 8 heteroatoms. The molecule has 0 aliphatic heterocycles. The summed E-state index contributed by atoms with van der Waals surface area (Å²) in [5.74, 6) is -0.751. The predicted octanol–water partition coefficient (Wildman–Crippen LogP) is 3.02. The summed E-state index contributed by atoms with van der Waals surface area (Å²) in [7, 11) is 1.79. The fourth-order valence-electron chi connectivity index (χ4n) is 3.64. The van der Waals surface area contributed by atoms with Gasteiger partial charge in [0.05, 0.1) is 0 Å². The lowest BCUT2D eigenvalue weighted by Gasteiger charge is -2.36. The van der Waals surface area contributed by atoms with Crippen LogP contribution in [0, 0.1) is 17.6 Å². The predicted molar refractivity (Wildman–Crippen MR) is 95.8 cm³/mol. The molecule has 1 fully saturated rings. The maximum absolute atomic E-state index is 13.8. The van der Waals surface area contributed by atoms with Crippen LogP contribution in [-0.2, 0) is 6.42 Å². The van der Waals surface area contributed by atoms with Crippen LogP contribution < -0.4 is 5.73 Å². The van der Waals surface area contributed by atoms with Gasteiger partial charge in [-0.15, -0.1) is 5.10 Å². The molecular weight excluding hydrogens is 358 g/mol. The summed E-state index contributed by atoms with van der Waals surface area (Å²) >= 11 is 1.16. The molecule has 1 aliphatic rings. The molecule has 2 N–H and O–H groups in total. The van der Waals surface area contributed by atoms with E-state index in [1.54, 1.807) is 17.3 Å². The van der Waals surface area contributed by atoms with Gasteiger partial charge in [-0.05, 0) is 73.3 Å². The molecule has 2 aromatic rings. The van der Waals surface area contributed by atoms with Gasteiger partial charge in [0, 0.05) is 24.5 Å². The fourth-order valence-corrected chi connectivity index (χ4v) is 4.07. The molecular formula is C18H22F2N4OS. The van der Waals surface area contributed by atoms with Crippen LogP contribution in [0.15, 0.2) is 23.6 Å². The zero-order valence-electron chi connectivity index (χ0n) is 14.6. The second-order valence-electron chi connectivity index (χ2n) is 6.88. The van der Waals surface area contributed by atoms with Crippen LogP contribution >= 0.6 is 11.5 Å². The Morgan fingerprint density at radius 2 is 2.08 bits per heavy atom. The molecule has 1 aliphatic carbocycles. The van der Waals surface area contributed by atoms with E-state index in [0.717, 1.165) is 49.3 Å². The highest BCUT2D eigenvalue weighted by atomic mass is 32.1. The van der Waals surface area contributed by atoms with Gasteiger partial charge in [-0.1, -0.05) is 4.49 Å². The van der Waals surface area contributed by atoms with Crippen LogP contribution in [0.25, 0.3) is 0 Å². The molecule has 1 aromatic carbocycles. The van der Waals surface area contributed by atoms with Gasteiger partial charge in [0.2, 0.25) is 0 Å². The molecule has 1 aromatic heterocycles. The lowest BCUT2D eigenvalue weighted by atomic mass is 9.79. The van der Waals surface area contributed by atoms with E-state index in [4.69, 9.17) is 5.73 Å². The van der Waals surface area contributed by atoms with Crippen molar-refractivity contribution in [3.63, 3.8) is 0 Å². The maximum Gasteiger partial charge on any atom is 0.275 e. The molecule has 0 unspecified atom stereocenters. The molecule has 0 bridgehead atoms. The summed E-state index contributed by atoms with van der Waals surface area (Å²) < 4.78 is 30.9.